The average molecular weight is 295 g/mol. The smallest absolute Gasteiger partial charge is 0.274 e. The summed E-state index contributed by atoms with van der Waals surface area (Å²) in [5, 5.41) is 6.93. The summed E-state index contributed by atoms with van der Waals surface area (Å²) < 4.78 is 5.29. The molecule has 7 heteroatoms. The second-order valence-corrected chi connectivity index (χ2v) is 5.12. The van der Waals surface area contributed by atoms with Crippen LogP contribution < -0.4 is 0 Å². The van der Waals surface area contributed by atoms with E-state index in [1.807, 2.05) is 6.07 Å². The molecule has 7 nitrogen and oxygen atoms in total. The Morgan fingerprint density at radius 2 is 2.36 bits per heavy atom. The van der Waals surface area contributed by atoms with E-state index in [1.165, 1.54) is 0 Å². The Morgan fingerprint density at radius 1 is 1.41 bits per heavy atom. The van der Waals surface area contributed by atoms with Gasteiger partial charge in [0.25, 0.3) is 5.91 Å². The van der Waals surface area contributed by atoms with Crippen molar-refractivity contribution < 1.29 is 9.21 Å². The fourth-order valence-corrected chi connectivity index (χ4v) is 2.59. The van der Waals surface area contributed by atoms with Gasteiger partial charge in [-0.2, -0.15) is 5.10 Å². The molecule has 1 N–H and O–H groups in total. The zero-order chi connectivity index (χ0) is 14.9. The highest BCUT2D eigenvalue weighted by atomic mass is 16.3. The van der Waals surface area contributed by atoms with Crippen molar-refractivity contribution in [3.05, 3.63) is 53.9 Å². The van der Waals surface area contributed by atoms with Gasteiger partial charge in [0.1, 0.15) is 12.0 Å². The van der Waals surface area contributed by atoms with Crippen LogP contribution in [0.5, 0.6) is 0 Å². The quantitative estimate of drug-likeness (QED) is 0.776. The minimum atomic E-state index is -0.108. The molecular weight excluding hydrogens is 282 g/mol. The predicted molar refractivity (Wildman–Crippen MR) is 76.8 cm³/mol. The third-order valence-electron chi connectivity index (χ3n) is 3.73. The Morgan fingerprint density at radius 3 is 3.23 bits per heavy atom. The summed E-state index contributed by atoms with van der Waals surface area (Å²) in [5.41, 5.74) is 3.07. The van der Waals surface area contributed by atoms with Gasteiger partial charge in [-0.3, -0.25) is 9.89 Å². The molecule has 1 aliphatic rings. The Labute approximate surface area is 126 Å². The highest BCUT2D eigenvalue weighted by molar-refractivity contribution is 5.93. The van der Waals surface area contributed by atoms with Gasteiger partial charge in [0.2, 0.25) is 0 Å². The van der Waals surface area contributed by atoms with Gasteiger partial charge in [-0.1, -0.05) is 0 Å². The van der Waals surface area contributed by atoms with Crippen molar-refractivity contribution in [1.82, 2.24) is 25.1 Å². The van der Waals surface area contributed by atoms with Crippen LogP contribution in [0.3, 0.4) is 0 Å². The third-order valence-corrected chi connectivity index (χ3v) is 3.73. The van der Waals surface area contributed by atoms with Gasteiger partial charge >= 0.3 is 0 Å². The number of hydrogen-bond donors (Lipinski definition) is 1. The molecule has 0 unspecified atom stereocenters. The van der Waals surface area contributed by atoms with E-state index in [-0.39, 0.29) is 5.91 Å². The highest BCUT2D eigenvalue weighted by Crippen LogP contribution is 2.21. The number of fused-ring (bicyclic) bond motifs is 1. The van der Waals surface area contributed by atoms with Gasteiger partial charge in [-0.25, -0.2) is 9.97 Å². The van der Waals surface area contributed by atoms with Crippen molar-refractivity contribution in [2.45, 2.75) is 13.0 Å². The first-order chi connectivity index (χ1) is 10.8. The van der Waals surface area contributed by atoms with Crippen LogP contribution in [0, 0.1) is 0 Å². The molecule has 0 aromatic carbocycles. The molecule has 4 heterocycles. The zero-order valence-corrected chi connectivity index (χ0v) is 11.7. The van der Waals surface area contributed by atoms with E-state index in [4.69, 9.17) is 4.42 Å². The monoisotopic (exact) mass is 295 g/mol. The van der Waals surface area contributed by atoms with Crippen LogP contribution in [-0.2, 0) is 13.0 Å². The molecule has 4 rings (SSSR count). The van der Waals surface area contributed by atoms with Gasteiger partial charge in [-0.15, -0.1) is 0 Å². The molecule has 0 saturated carbocycles. The van der Waals surface area contributed by atoms with Crippen molar-refractivity contribution in [3.63, 3.8) is 0 Å². The van der Waals surface area contributed by atoms with E-state index < -0.39 is 0 Å². The number of aromatic nitrogens is 4. The van der Waals surface area contributed by atoms with Crippen LogP contribution in [-0.4, -0.2) is 37.5 Å². The number of aromatic amines is 1. The maximum Gasteiger partial charge on any atom is 0.274 e. The number of nitrogens with one attached hydrogen (secondary N) is 1. The van der Waals surface area contributed by atoms with Gasteiger partial charge in [0.05, 0.1) is 12.0 Å². The lowest BCUT2D eigenvalue weighted by molar-refractivity contribution is 0.0727. The normalized spacial score (nSPS) is 13.9. The number of rotatable bonds is 2. The summed E-state index contributed by atoms with van der Waals surface area (Å²) in [6.45, 7) is 1.14. The van der Waals surface area contributed by atoms with Crippen molar-refractivity contribution in [2.75, 3.05) is 6.54 Å². The molecule has 110 valence electrons. The fourth-order valence-electron chi connectivity index (χ4n) is 2.59. The lowest BCUT2D eigenvalue weighted by atomic mass is 10.1. The van der Waals surface area contributed by atoms with Crippen LogP contribution in [0.4, 0.5) is 0 Å². The second-order valence-electron chi connectivity index (χ2n) is 5.12. The molecule has 0 atom stereocenters. The van der Waals surface area contributed by atoms with E-state index >= 15 is 0 Å². The number of amides is 1. The van der Waals surface area contributed by atoms with E-state index in [1.54, 1.807) is 35.8 Å². The number of hydrogen-bond acceptors (Lipinski definition) is 5. The zero-order valence-electron chi connectivity index (χ0n) is 11.7. The molecule has 0 saturated heterocycles. The number of nitrogens with zero attached hydrogens (tertiary/aromatic N) is 4. The van der Waals surface area contributed by atoms with Gasteiger partial charge in [0.15, 0.2) is 11.5 Å². The van der Waals surface area contributed by atoms with E-state index in [9.17, 15) is 4.79 Å². The second kappa shape index (κ2) is 5.10. The first kappa shape index (κ1) is 12.8. The molecule has 22 heavy (non-hydrogen) atoms. The average Bonchev–Trinajstić information content (AvgIpc) is 3.24. The Balaban J connectivity index is 1.56. The molecule has 0 spiro atoms. The largest absolute Gasteiger partial charge is 0.463 e. The molecule has 0 radical (unpaired) electrons. The third kappa shape index (κ3) is 2.16. The Hall–Kier alpha value is -2.96. The number of H-pyrrole nitrogens is 1. The first-order valence-electron chi connectivity index (χ1n) is 6.97. The molecule has 1 aliphatic heterocycles. The summed E-state index contributed by atoms with van der Waals surface area (Å²) in [6.07, 6.45) is 5.62. The minimum absolute atomic E-state index is 0.108. The topological polar surface area (TPSA) is 87.9 Å². The summed E-state index contributed by atoms with van der Waals surface area (Å²) in [4.78, 5) is 22.6. The first-order valence-corrected chi connectivity index (χ1v) is 6.97. The summed E-state index contributed by atoms with van der Waals surface area (Å²) in [5.74, 6) is 0.549. The molecule has 3 aromatic heterocycles. The fraction of sp³-hybridized carbons (Fsp3) is 0.200. The molecule has 1 amide bonds. The minimum Gasteiger partial charge on any atom is -0.463 e. The van der Waals surface area contributed by atoms with Crippen molar-refractivity contribution in [1.29, 1.82) is 0 Å². The van der Waals surface area contributed by atoms with Crippen molar-refractivity contribution in [3.8, 4) is 11.5 Å². The molecule has 0 bridgehead atoms. The predicted octanol–water partition coefficient (Wildman–Crippen LogP) is 1.66. The summed E-state index contributed by atoms with van der Waals surface area (Å²) in [6, 6.07) is 5.31. The Bertz CT molecular complexity index is 809. The molecule has 0 aliphatic carbocycles. The summed E-state index contributed by atoms with van der Waals surface area (Å²) >= 11 is 0. The summed E-state index contributed by atoms with van der Waals surface area (Å²) in [7, 11) is 0. The SMILES string of the molecule is O=C(c1cc(-c2ccco2)[nH]n1)N1CCc2ncncc2C1. The van der Waals surface area contributed by atoms with E-state index in [0.717, 1.165) is 17.7 Å². The maximum absolute atomic E-state index is 12.6. The van der Waals surface area contributed by atoms with Crippen LogP contribution >= 0.6 is 0 Å². The molecule has 0 fully saturated rings. The van der Waals surface area contributed by atoms with Crippen LogP contribution in [0.2, 0.25) is 0 Å². The van der Waals surface area contributed by atoms with Gasteiger partial charge < -0.3 is 9.32 Å². The van der Waals surface area contributed by atoms with Gasteiger partial charge in [-0.05, 0) is 12.1 Å². The Kier molecular flexibility index (Phi) is 2.96. The van der Waals surface area contributed by atoms with Crippen molar-refractivity contribution >= 4 is 5.91 Å². The van der Waals surface area contributed by atoms with Crippen LogP contribution in [0.25, 0.3) is 11.5 Å². The number of furan rings is 1. The standard InChI is InChI=1S/C15H13N5O2/c21-15(13-6-12(18-19-13)14-2-1-5-22-14)20-4-3-11-10(8-20)7-16-9-17-11/h1-2,5-7,9H,3-4,8H2,(H,18,19). The van der Waals surface area contributed by atoms with E-state index in [2.05, 4.69) is 20.2 Å². The number of carbonyl (C=O) groups excluding carboxylic acids is 1. The maximum atomic E-state index is 12.6. The van der Waals surface area contributed by atoms with Crippen LogP contribution in [0.15, 0.2) is 41.4 Å². The van der Waals surface area contributed by atoms with Crippen molar-refractivity contribution in [2.24, 2.45) is 0 Å². The number of carbonyl (C=O) groups is 1. The highest BCUT2D eigenvalue weighted by Gasteiger charge is 2.24. The van der Waals surface area contributed by atoms with Crippen LogP contribution in [0.1, 0.15) is 21.7 Å². The lowest BCUT2D eigenvalue weighted by Crippen LogP contribution is -2.36. The lowest BCUT2D eigenvalue weighted by Gasteiger charge is -2.27. The van der Waals surface area contributed by atoms with Gasteiger partial charge in [0, 0.05) is 37.3 Å². The molecular formula is C15H13N5O2. The van der Waals surface area contributed by atoms with E-state index in [0.29, 0.717) is 30.2 Å². The molecule has 3 aromatic rings.